The Labute approximate surface area is 369 Å². The number of carbonyl (C=O) groups is 10. The number of nitrogens with two attached hydrogens (primary N) is 4. The van der Waals surface area contributed by atoms with Gasteiger partial charge in [-0.05, 0) is 56.6 Å². The van der Waals surface area contributed by atoms with Crippen LogP contribution in [0.2, 0.25) is 0 Å². The molecule has 19 N–H and O–H groups in total. The lowest BCUT2D eigenvalue weighted by Crippen LogP contribution is -2.59. The number of guanidine groups is 1. The molecule has 0 saturated carbocycles. The number of nitrogens with one attached hydrogen (secondary N) is 9. The van der Waals surface area contributed by atoms with Crippen molar-refractivity contribution in [2.75, 3.05) is 26.2 Å². The molecular formula is C39H63N13O12. The molecule has 0 aliphatic rings. The molecule has 0 heterocycles. The summed E-state index contributed by atoms with van der Waals surface area (Å²) < 4.78 is 0. The average Bonchev–Trinajstić information content (AvgIpc) is 3.21. The van der Waals surface area contributed by atoms with Gasteiger partial charge in [0, 0.05) is 13.0 Å². The molecule has 25 heteroatoms. The first-order valence-electron chi connectivity index (χ1n) is 20.5. The van der Waals surface area contributed by atoms with Gasteiger partial charge in [0.05, 0.1) is 25.9 Å². The average molecular weight is 906 g/mol. The molecule has 0 bridgehead atoms. The first-order chi connectivity index (χ1) is 30.2. The van der Waals surface area contributed by atoms with Crippen LogP contribution in [-0.4, -0.2) is 138 Å². The summed E-state index contributed by atoms with van der Waals surface area (Å²) in [4.78, 5) is 128. The van der Waals surface area contributed by atoms with Crippen LogP contribution in [0.25, 0.3) is 0 Å². The van der Waals surface area contributed by atoms with E-state index in [-0.39, 0.29) is 57.1 Å². The van der Waals surface area contributed by atoms with E-state index in [1.807, 2.05) is 0 Å². The Balaban J connectivity index is 3.17. The van der Waals surface area contributed by atoms with E-state index in [0.717, 1.165) is 0 Å². The maximum absolute atomic E-state index is 13.6. The van der Waals surface area contributed by atoms with Gasteiger partial charge in [-0.1, -0.05) is 44.2 Å². The highest BCUT2D eigenvalue weighted by Gasteiger charge is 2.34. The molecule has 1 aromatic carbocycles. The summed E-state index contributed by atoms with van der Waals surface area (Å²) in [7, 11) is 0. The molecule has 0 unspecified atom stereocenters. The van der Waals surface area contributed by atoms with Crippen molar-refractivity contribution in [2.45, 2.75) is 108 Å². The monoisotopic (exact) mass is 905 g/mol. The van der Waals surface area contributed by atoms with Crippen LogP contribution >= 0.6 is 0 Å². The molecule has 0 aliphatic heterocycles. The van der Waals surface area contributed by atoms with Crippen LogP contribution in [0.3, 0.4) is 0 Å². The van der Waals surface area contributed by atoms with E-state index in [9.17, 15) is 58.2 Å². The Bertz CT molecular complexity index is 1780. The molecule has 0 saturated heterocycles. The van der Waals surface area contributed by atoms with Gasteiger partial charge in [-0.2, -0.15) is 0 Å². The third-order valence-electron chi connectivity index (χ3n) is 9.13. The summed E-state index contributed by atoms with van der Waals surface area (Å²) >= 11 is 0. The van der Waals surface area contributed by atoms with Crippen LogP contribution in [0.1, 0.15) is 70.8 Å². The molecule has 356 valence electrons. The number of hydrogen-bond acceptors (Lipinski definition) is 13. The lowest BCUT2D eigenvalue weighted by atomic mass is 10.0. The van der Waals surface area contributed by atoms with E-state index < -0.39 is 121 Å². The molecule has 0 fully saturated rings. The number of rotatable bonds is 31. The molecule has 25 nitrogen and oxygen atoms in total. The summed E-state index contributed by atoms with van der Waals surface area (Å²) in [5.74, 6) is -11.2. The quantitative estimate of drug-likeness (QED) is 0.0189. The second-order valence-corrected chi connectivity index (χ2v) is 15.1. The number of primary amides is 1. The molecule has 6 atom stereocenters. The Morgan fingerprint density at radius 2 is 1.14 bits per heavy atom. The van der Waals surface area contributed by atoms with Crippen LogP contribution in [0.4, 0.5) is 0 Å². The highest BCUT2D eigenvalue weighted by atomic mass is 16.4. The van der Waals surface area contributed by atoms with Gasteiger partial charge in [-0.15, -0.1) is 0 Å². The van der Waals surface area contributed by atoms with Gasteiger partial charge in [0.1, 0.15) is 36.3 Å². The summed E-state index contributed by atoms with van der Waals surface area (Å²) in [6, 6.07) is -0.479. The minimum atomic E-state index is -1.88. The van der Waals surface area contributed by atoms with Crippen molar-refractivity contribution in [1.29, 1.82) is 5.41 Å². The summed E-state index contributed by atoms with van der Waals surface area (Å²) in [5, 5.41) is 45.5. The fraction of sp³-hybridized carbons (Fsp3) is 0.564. The van der Waals surface area contributed by atoms with Gasteiger partial charge in [-0.25, -0.2) is 4.79 Å². The third-order valence-corrected chi connectivity index (χ3v) is 9.13. The van der Waals surface area contributed by atoms with Crippen LogP contribution in [0.15, 0.2) is 30.3 Å². The number of amides is 8. The standard InChI is InChI=1S/C39H63N13O12/c1-21(2)15-25(33(58)46-20-31(55)47-23(11-6-7-13-40)34(59)49-24(38(63)64)12-8-14-45-39(43)44)50-37(62)28(18-32(56)57)52-36(61)27(17-29(42)53)51-35(60)26(48-30(54)19-41)16-22-9-4-3-5-10-22/h3-5,9-10,21,23-28H,6-8,11-20,40-41H2,1-2H3,(H2,42,53)(H,46,58)(H,47,55)(H,48,54)(H,49,59)(H,50,62)(H,51,60)(H,52,61)(H,56,57)(H,63,64)(H4,43,44,45)/t23-,24-,25-,26-,27-,28-/m0/s1. The van der Waals surface area contributed by atoms with E-state index >= 15 is 0 Å². The van der Waals surface area contributed by atoms with Crippen molar-refractivity contribution in [3.63, 3.8) is 0 Å². The van der Waals surface area contributed by atoms with Crippen LogP contribution in [0.5, 0.6) is 0 Å². The molecule has 0 aliphatic carbocycles. The smallest absolute Gasteiger partial charge is 0.326 e. The Morgan fingerprint density at radius 1 is 0.609 bits per heavy atom. The number of carboxylic acid groups (broad SMARTS) is 2. The highest BCUT2D eigenvalue weighted by Crippen LogP contribution is 2.09. The topological polar surface area (TPSA) is 435 Å². The van der Waals surface area contributed by atoms with E-state index in [4.69, 9.17) is 28.3 Å². The molecule has 1 aromatic rings. The second-order valence-electron chi connectivity index (χ2n) is 15.1. The van der Waals surface area contributed by atoms with Crippen LogP contribution in [-0.2, 0) is 54.4 Å². The van der Waals surface area contributed by atoms with Gasteiger partial charge in [-0.3, -0.25) is 48.6 Å². The van der Waals surface area contributed by atoms with Gasteiger partial charge < -0.3 is 75.7 Å². The highest BCUT2D eigenvalue weighted by molar-refractivity contribution is 5.99. The van der Waals surface area contributed by atoms with Gasteiger partial charge >= 0.3 is 11.9 Å². The predicted molar refractivity (Wildman–Crippen MR) is 229 cm³/mol. The van der Waals surface area contributed by atoms with E-state index in [1.165, 1.54) is 0 Å². The molecule has 0 radical (unpaired) electrons. The molecular weight excluding hydrogens is 843 g/mol. The largest absolute Gasteiger partial charge is 0.481 e. The normalized spacial score (nSPS) is 13.6. The van der Waals surface area contributed by atoms with Gasteiger partial charge in [0.2, 0.25) is 47.3 Å². The van der Waals surface area contributed by atoms with Crippen molar-refractivity contribution >= 4 is 65.2 Å². The summed E-state index contributed by atoms with van der Waals surface area (Å²) in [6.07, 6.45) is -0.839. The summed E-state index contributed by atoms with van der Waals surface area (Å²) in [6.45, 7) is 2.64. The molecule has 8 amide bonds. The minimum Gasteiger partial charge on any atom is -0.481 e. The van der Waals surface area contributed by atoms with Crippen molar-refractivity contribution in [2.24, 2.45) is 28.9 Å². The minimum absolute atomic E-state index is 0.0303. The fourth-order valence-corrected chi connectivity index (χ4v) is 5.98. The van der Waals surface area contributed by atoms with E-state index in [2.05, 4.69) is 42.5 Å². The van der Waals surface area contributed by atoms with Crippen molar-refractivity contribution in [1.82, 2.24) is 42.5 Å². The van der Waals surface area contributed by atoms with Crippen LogP contribution in [0, 0.1) is 11.3 Å². The first-order valence-corrected chi connectivity index (χ1v) is 20.5. The number of carbonyl (C=O) groups excluding carboxylic acids is 8. The lowest BCUT2D eigenvalue weighted by Gasteiger charge is -2.26. The van der Waals surface area contributed by atoms with Gasteiger partial charge in [0.25, 0.3) is 0 Å². The second kappa shape index (κ2) is 29.4. The lowest BCUT2D eigenvalue weighted by molar-refractivity contribution is -0.142. The van der Waals surface area contributed by atoms with E-state index in [1.54, 1.807) is 44.2 Å². The zero-order chi connectivity index (χ0) is 48.4. The molecule has 1 rings (SSSR count). The number of benzene rings is 1. The SMILES string of the molecule is CC(C)C[C@H](NC(=O)[C@H](CC(=O)O)NC(=O)[C@H](CC(N)=O)NC(=O)[C@H](Cc1ccccc1)NC(=O)CN)C(=O)NCC(=O)N[C@@H](CCCCN)C(=O)N[C@@H](CCCNC(=N)N)C(=O)O. The molecule has 0 aromatic heterocycles. The first kappa shape index (κ1) is 55.1. The van der Waals surface area contributed by atoms with Crippen LogP contribution < -0.4 is 65.5 Å². The predicted octanol–water partition coefficient (Wildman–Crippen LogP) is -4.91. The Hall–Kier alpha value is -6.89. The Morgan fingerprint density at radius 3 is 1.67 bits per heavy atom. The van der Waals surface area contributed by atoms with Crippen molar-refractivity contribution in [3.05, 3.63) is 35.9 Å². The summed E-state index contributed by atoms with van der Waals surface area (Å²) in [5.41, 5.74) is 22.2. The van der Waals surface area contributed by atoms with Crippen molar-refractivity contribution < 1.29 is 58.2 Å². The zero-order valence-electron chi connectivity index (χ0n) is 35.9. The maximum atomic E-state index is 13.6. The zero-order valence-corrected chi connectivity index (χ0v) is 35.9. The number of carboxylic acids is 2. The number of aliphatic carboxylic acids is 2. The van der Waals surface area contributed by atoms with Gasteiger partial charge in [0.15, 0.2) is 5.96 Å². The number of hydrogen-bond donors (Lipinski definition) is 15. The molecule has 0 spiro atoms. The van der Waals surface area contributed by atoms with E-state index in [0.29, 0.717) is 18.4 Å². The number of unbranched alkanes of at least 4 members (excludes halogenated alkanes) is 1. The van der Waals surface area contributed by atoms with Crippen molar-refractivity contribution in [3.8, 4) is 0 Å². The molecule has 64 heavy (non-hydrogen) atoms. The Kier molecular flexibility index (Phi) is 25.3. The maximum Gasteiger partial charge on any atom is 0.326 e. The third kappa shape index (κ3) is 22.8. The fourth-order valence-electron chi connectivity index (χ4n) is 5.98.